The van der Waals surface area contributed by atoms with Gasteiger partial charge >= 0.3 is 0 Å². The van der Waals surface area contributed by atoms with Crippen LogP contribution in [0.5, 0.6) is 0 Å². The molecule has 2 aromatic heterocycles. The zero-order valence-electron chi connectivity index (χ0n) is 12.7. The molecule has 0 saturated heterocycles. The molecule has 122 valence electrons. The molecule has 3 aromatic rings. The van der Waals surface area contributed by atoms with Gasteiger partial charge in [-0.05, 0) is 11.4 Å². The third-order valence-electron chi connectivity index (χ3n) is 3.17. The first-order chi connectivity index (χ1) is 11.7. The number of aromatic nitrogens is 2. The van der Waals surface area contributed by atoms with E-state index in [0.717, 1.165) is 10.4 Å². The molecule has 1 aromatic carbocycles. The molecule has 0 radical (unpaired) electrons. The minimum Gasteiger partial charge on any atom is -0.350 e. The van der Waals surface area contributed by atoms with Crippen LogP contribution in [0.1, 0.15) is 4.88 Å². The summed E-state index contributed by atoms with van der Waals surface area (Å²) in [5.74, 6) is 0.105. The average molecular weight is 357 g/mol. The van der Waals surface area contributed by atoms with Crippen molar-refractivity contribution in [2.75, 3.05) is 5.75 Å². The zero-order valence-corrected chi connectivity index (χ0v) is 14.3. The van der Waals surface area contributed by atoms with Crippen LogP contribution in [0.25, 0.3) is 11.3 Å². The highest BCUT2D eigenvalue weighted by Gasteiger charge is 2.08. The number of thioether (sulfide) groups is 1. The third kappa shape index (κ3) is 4.56. The highest BCUT2D eigenvalue weighted by molar-refractivity contribution is 7.99. The summed E-state index contributed by atoms with van der Waals surface area (Å²) >= 11 is 2.81. The molecule has 0 saturated carbocycles. The highest BCUT2D eigenvalue weighted by Crippen LogP contribution is 2.18. The fraction of sp³-hybridized carbons (Fsp3) is 0.118. The number of H-pyrrole nitrogens is 1. The molecule has 1 amide bonds. The first-order valence-corrected chi connectivity index (χ1v) is 9.16. The number of nitrogens with one attached hydrogen (secondary N) is 2. The summed E-state index contributed by atoms with van der Waals surface area (Å²) in [6.45, 7) is 0.519. The van der Waals surface area contributed by atoms with E-state index in [9.17, 15) is 9.59 Å². The molecular formula is C17H15N3O2S2. The van der Waals surface area contributed by atoms with E-state index in [1.165, 1.54) is 17.8 Å². The van der Waals surface area contributed by atoms with Crippen LogP contribution in [0.3, 0.4) is 0 Å². The normalized spacial score (nSPS) is 10.5. The predicted octanol–water partition coefficient (Wildman–Crippen LogP) is 2.91. The van der Waals surface area contributed by atoms with Gasteiger partial charge in [-0.2, -0.15) is 0 Å². The second-order valence-electron chi connectivity index (χ2n) is 4.95. The van der Waals surface area contributed by atoms with Gasteiger partial charge in [-0.3, -0.25) is 9.59 Å². The number of carbonyl (C=O) groups is 1. The summed E-state index contributed by atoms with van der Waals surface area (Å²) in [7, 11) is 0. The number of carbonyl (C=O) groups excluding carboxylic acids is 1. The highest BCUT2D eigenvalue weighted by atomic mass is 32.2. The van der Waals surface area contributed by atoms with E-state index in [1.54, 1.807) is 11.3 Å². The molecule has 24 heavy (non-hydrogen) atoms. The fourth-order valence-corrected chi connectivity index (χ4v) is 3.39. The summed E-state index contributed by atoms with van der Waals surface area (Å²) in [6.07, 6.45) is 0. The molecule has 0 aliphatic rings. The number of rotatable bonds is 6. The summed E-state index contributed by atoms with van der Waals surface area (Å²) in [5.41, 5.74) is 1.23. The van der Waals surface area contributed by atoms with Crippen LogP contribution >= 0.6 is 23.1 Å². The standard InChI is InChI=1S/C17H15N3O2S2/c21-15-9-14(12-5-2-1-3-6-12)19-17(20-15)24-11-16(22)18-10-13-7-4-8-23-13/h1-9H,10-11H2,(H,18,22)(H,19,20,21). The van der Waals surface area contributed by atoms with Gasteiger partial charge in [0.25, 0.3) is 5.56 Å². The Hall–Kier alpha value is -2.38. The molecule has 3 rings (SSSR count). The van der Waals surface area contributed by atoms with Gasteiger partial charge in [-0.15, -0.1) is 11.3 Å². The number of aromatic amines is 1. The Bertz CT molecular complexity index is 861. The van der Waals surface area contributed by atoms with Crippen molar-refractivity contribution in [3.05, 3.63) is 69.1 Å². The van der Waals surface area contributed by atoms with Crippen molar-refractivity contribution in [3.63, 3.8) is 0 Å². The molecular weight excluding hydrogens is 342 g/mol. The van der Waals surface area contributed by atoms with Crippen LogP contribution in [0.2, 0.25) is 0 Å². The lowest BCUT2D eigenvalue weighted by Crippen LogP contribution is -2.24. The Kier molecular flexibility index (Phi) is 5.45. The lowest BCUT2D eigenvalue weighted by Gasteiger charge is -2.05. The maximum atomic E-state index is 11.9. The van der Waals surface area contributed by atoms with E-state index in [2.05, 4.69) is 15.3 Å². The lowest BCUT2D eigenvalue weighted by molar-refractivity contribution is -0.118. The van der Waals surface area contributed by atoms with Gasteiger partial charge in [-0.1, -0.05) is 48.2 Å². The van der Waals surface area contributed by atoms with E-state index < -0.39 is 0 Å². The van der Waals surface area contributed by atoms with Gasteiger partial charge in [0.1, 0.15) is 0 Å². The first kappa shape index (κ1) is 16.5. The van der Waals surface area contributed by atoms with E-state index in [4.69, 9.17) is 0 Å². The van der Waals surface area contributed by atoms with Gasteiger partial charge in [-0.25, -0.2) is 4.98 Å². The molecule has 5 nitrogen and oxygen atoms in total. The molecule has 2 N–H and O–H groups in total. The van der Waals surface area contributed by atoms with Gasteiger partial charge in [0.15, 0.2) is 5.16 Å². The van der Waals surface area contributed by atoms with Crippen LogP contribution in [-0.4, -0.2) is 21.6 Å². The van der Waals surface area contributed by atoms with Crippen molar-refractivity contribution in [2.24, 2.45) is 0 Å². The average Bonchev–Trinajstić information content (AvgIpc) is 3.12. The number of thiophene rings is 1. The second kappa shape index (κ2) is 7.94. The Balaban J connectivity index is 1.62. The monoisotopic (exact) mass is 357 g/mol. The van der Waals surface area contributed by atoms with Crippen molar-refractivity contribution in [1.29, 1.82) is 0 Å². The molecule has 0 bridgehead atoms. The zero-order chi connectivity index (χ0) is 16.8. The molecule has 0 aliphatic carbocycles. The quantitative estimate of drug-likeness (QED) is 0.525. The smallest absolute Gasteiger partial charge is 0.252 e. The predicted molar refractivity (Wildman–Crippen MR) is 97.2 cm³/mol. The van der Waals surface area contributed by atoms with E-state index >= 15 is 0 Å². The van der Waals surface area contributed by atoms with Crippen molar-refractivity contribution >= 4 is 29.0 Å². The SMILES string of the molecule is O=C(CSc1nc(-c2ccccc2)cc(=O)[nH]1)NCc1cccs1. The van der Waals surface area contributed by atoms with Crippen LogP contribution < -0.4 is 10.9 Å². The number of hydrogen-bond donors (Lipinski definition) is 2. The Morgan fingerprint density at radius 2 is 2.04 bits per heavy atom. The van der Waals surface area contributed by atoms with Gasteiger partial charge in [0.05, 0.1) is 18.0 Å². The third-order valence-corrected chi connectivity index (χ3v) is 4.92. The number of amides is 1. The molecule has 0 aliphatic heterocycles. The summed E-state index contributed by atoms with van der Waals surface area (Å²) in [6, 6.07) is 14.9. The molecule has 2 heterocycles. The molecule has 0 atom stereocenters. The summed E-state index contributed by atoms with van der Waals surface area (Å²) in [4.78, 5) is 31.9. The maximum Gasteiger partial charge on any atom is 0.252 e. The van der Waals surface area contributed by atoms with Gasteiger partial charge < -0.3 is 10.3 Å². The molecule has 7 heteroatoms. The topological polar surface area (TPSA) is 74.8 Å². The summed E-state index contributed by atoms with van der Waals surface area (Å²) in [5, 5.41) is 5.26. The molecule has 0 spiro atoms. The Labute approximate surface area is 147 Å². The van der Waals surface area contributed by atoms with Gasteiger partial charge in [0, 0.05) is 16.5 Å². The first-order valence-electron chi connectivity index (χ1n) is 7.29. The fourth-order valence-electron chi connectivity index (χ4n) is 2.04. The van der Waals surface area contributed by atoms with E-state index in [-0.39, 0.29) is 17.2 Å². The second-order valence-corrected chi connectivity index (χ2v) is 6.94. The number of nitrogens with zero attached hydrogens (tertiary/aromatic N) is 1. The maximum absolute atomic E-state index is 11.9. The van der Waals surface area contributed by atoms with Crippen molar-refractivity contribution in [2.45, 2.75) is 11.7 Å². The van der Waals surface area contributed by atoms with E-state index in [0.29, 0.717) is 17.4 Å². The van der Waals surface area contributed by atoms with Crippen LogP contribution in [0, 0.1) is 0 Å². The molecule has 0 unspecified atom stereocenters. The summed E-state index contributed by atoms with van der Waals surface area (Å²) < 4.78 is 0. The Morgan fingerprint density at radius 1 is 1.21 bits per heavy atom. The van der Waals surface area contributed by atoms with Gasteiger partial charge in [0.2, 0.25) is 5.91 Å². The van der Waals surface area contributed by atoms with Crippen LogP contribution in [0.4, 0.5) is 0 Å². The lowest BCUT2D eigenvalue weighted by atomic mass is 10.1. The number of hydrogen-bond acceptors (Lipinski definition) is 5. The number of benzene rings is 1. The van der Waals surface area contributed by atoms with Crippen molar-refractivity contribution in [3.8, 4) is 11.3 Å². The van der Waals surface area contributed by atoms with E-state index in [1.807, 2.05) is 47.8 Å². The molecule has 0 fully saturated rings. The van der Waals surface area contributed by atoms with Crippen molar-refractivity contribution < 1.29 is 4.79 Å². The van der Waals surface area contributed by atoms with Crippen molar-refractivity contribution in [1.82, 2.24) is 15.3 Å². The minimum absolute atomic E-state index is 0.0961. The minimum atomic E-state index is -0.231. The largest absolute Gasteiger partial charge is 0.350 e. The van der Waals surface area contributed by atoms with Crippen LogP contribution in [-0.2, 0) is 11.3 Å². The van der Waals surface area contributed by atoms with Crippen LogP contribution in [0.15, 0.2) is 63.9 Å². The Morgan fingerprint density at radius 3 is 2.79 bits per heavy atom.